The second-order valence-electron chi connectivity index (χ2n) is 4.59. The third-order valence-electron chi connectivity index (χ3n) is 3.08. The lowest BCUT2D eigenvalue weighted by molar-refractivity contribution is -0.129. The molecule has 1 aromatic rings. The summed E-state index contributed by atoms with van der Waals surface area (Å²) in [5.74, 6) is -0.337. The molecule has 18 heavy (non-hydrogen) atoms. The third kappa shape index (κ3) is 3.43. The van der Waals surface area contributed by atoms with E-state index < -0.39 is 5.82 Å². The fraction of sp³-hybridized carbons (Fsp3) is 0.462. The van der Waals surface area contributed by atoms with Crippen LogP contribution in [0.5, 0.6) is 0 Å². The van der Waals surface area contributed by atoms with Gasteiger partial charge in [-0.2, -0.15) is 0 Å². The normalized spacial score (nSPS) is 14.6. The number of rotatable bonds is 5. The number of carbonyl (C=O) groups is 1. The number of carbonyl (C=O) groups excluding carboxylic acids is 1. The van der Waals surface area contributed by atoms with E-state index in [-0.39, 0.29) is 10.9 Å². The van der Waals surface area contributed by atoms with Gasteiger partial charge >= 0.3 is 0 Å². The van der Waals surface area contributed by atoms with E-state index in [4.69, 9.17) is 11.6 Å². The number of nitrogens with one attached hydrogen (secondary N) is 1. The fourth-order valence-electron chi connectivity index (χ4n) is 1.75. The molecule has 0 radical (unpaired) electrons. The van der Waals surface area contributed by atoms with E-state index in [9.17, 15) is 9.18 Å². The molecule has 0 aromatic heterocycles. The average molecular weight is 271 g/mol. The summed E-state index contributed by atoms with van der Waals surface area (Å²) in [7, 11) is 1.83. The van der Waals surface area contributed by atoms with Gasteiger partial charge in [-0.05, 0) is 30.5 Å². The van der Waals surface area contributed by atoms with E-state index in [1.54, 1.807) is 17.0 Å². The molecule has 0 unspecified atom stereocenters. The Bertz CT molecular complexity index is 449. The van der Waals surface area contributed by atoms with Gasteiger partial charge in [-0.1, -0.05) is 17.7 Å². The minimum absolute atomic E-state index is 0.0886. The molecule has 2 rings (SSSR count). The molecule has 1 aromatic carbocycles. The molecule has 0 aliphatic heterocycles. The first-order valence-electron chi connectivity index (χ1n) is 5.98. The summed E-state index contributed by atoms with van der Waals surface area (Å²) < 4.78 is 12.9. The van der Waals surface area contributed by atoms with E-state index >= 15 is 0 Å². The largest absolute Gasteiger partial charge is 0.342 e. The van der Waals surface area contributed by atoms with Crippen molar-refractivity contribution in [3.63, 3.8) is 0 Å². The molecule has 1 aliphatic carbocycles. The zero-order valence-electron chi connectivity index (χ0n) is 10.2. The number of hydrogen-bond acceptors (Lipinski definition) is 2. The Morgan fingerprint density at radius 3 is 2.89 bits per heavy atom. The number of halogens is 2. The standard InChI is InChI=1S/C13H16ClFN2O/c1-17(10-3-4-10)13(18)8-16-7-9-2-5-12(15)11(14)6-9/h2,5-6,10,16H,3-4,7-8H2,1H3. The quantitative estimate of drug-likeness (QED) is 0.890. The van der Waals surface area contributed by atoms with E-state index in [0.717, 1.165) is 18.4 Å². The van der Waals surface area contributed by atoms with Crippen LogP contribution in [0.3, 0.4) is 0 Å². The second kappa shape index (κ2) is 5.67. The van der Waals surface area contributed by atoms with E-state index in [0.29, 0.717) is 19.1 Å². The molecule has 5 heteroatoms. The predicted molar refractivity (Wildman–Crippen MR) is 68.9 cm³/mol. The molecule has 0 spiro atoms. The molecular weight excluding hydrogens is 255 g/mol. The Hall–Kier alpha value is -1.13. The van der Waals surface area contributed by atoms with Crippen molar-refractivity contribution in [2.75, 3.05) is 13.6 Å². The molecule has 0 saturated heterocycles. The zero-order chi connectivity index (χ0) is 13.1. The van der Waals surface area contributed by atoms with Crippen LogP contribution in [0.1, 0.15) is 18.4 Å². The van der Waals surface area contributed by atoms with Crippen LogP contribution < -0.4 is 5.32 Å². The minimum Gasteiger partial charge on any atom is -0.342 e. The molecule has 1 fully saturated rings. The van der Waals surface area contributed by atoms with Crippen molar-refractivity contribution in [1.29, 1.82) is 0 Å². The number of hydrogen-bond donors (Lipinski definition) is 1. The summed E-state index contributed by atoms with van der Waals surface area (Å²) in [6, 6.07) is 4.99. The predicted octanol–water partition coefficient (Wildman–Crippen LogP) is 2.19. The molecule has 1 amide bonds. The first-order valence-corrected chi connectivity index (χ1v) is 6.36. The Morgan fingerprint density at radius 2 is 2.28 bits per heavy atom. The molecule has 98 valence electrons. The lowest BCUT2D eigenvalue weighted by Gasteiger charge is -2.16. The van der Waals surface area contributed by atoms with Crippen molar-refractivity contribution < 1.29 is 9.18 Å². The summed E-state index contributed by atoms with van der Waals surface area (Å²) in [6.07, 6.45) is 2.21. The van der Waals surface area contributed by atoms with Crippen LogP contribution in [0.4, 0.5) is 4.39 Å². The highest BCUT2D eigenvalue weighted by atomic mass is 35.5. The maximum absolute atomic E-state index is 12.9. The summed E-state index contributed by atoms with van der Waals surface area (Å²) in [5.41, 5.74) is 0.864. The van der Waals surface area contributed by atoms with Gasteiger partial charge in [0.15, 0.2) is 0 Å². The van der Waals surface area contributed by atoms with Crippen LogP contribution in [-0.2, 0) is 11.3 Å². The molecule has 0 atom stereocenters. The highest BCUT2D eigenvalue weighted by Gasteiger charge is 2.28. The van der Waals surface area contributed by atoms with E-state index in [1.807, 2.05) is 7.05 Å². The van der Waals surface area contributed by atoms with E-state index in [2.05, 4.69) is 5.32 Å². The number of likely N-dealkylation sites (N-methyl/N-ethyl adjacent to an activating group) is 1. The minimum atomic E-state index is -0.426. The number of amides is 1. The SMILES string of the molecule is CN(C(=O)CNCc1ccc(F)c(Cl)c1)C1CC1. The van der Waals surface area contributed by atoms with Gasteiger partial charge in [-0.3, -0.25) is 4.79 Å². The Morgan fingerprint density at radius 1 is 1.56 bits per heavy atom. The first-order chi connectivity index (χ1) is 8.58. The molecule has 0 heterocycles. The third-order valence-corrected chi connectivity index (χ3v) is 3.37. The second-order valence-corrected chi connectivity index (χ2v) is 5.00. The van der Waals surface area contributed by atoms with Gasteiger partial charge in [0.05, 0.1) is 11.6 Å². The molecule has 1 saturated carbocycles. The van der Waals surface area contributed by atoms with Crippen molar-refractivity contribution in [3.05, 3.63) is 34.6 Å². The van der Waals surface area contributed by atoms with Gasteiger partial charge in [-0.25, -0.2) is 4.39 Å². The van der Waals surface area contributed by atoms with Crippen LogP contribution in [-0.4, -0.2) is 30.4 Å². The monoisotopic (exact) mass is 270 g/mol. The molecular formula is C13H16ClFN2O. The highest BCUT2D eigenvalue weighted by molar-refractivity contribution is 6.30. The van der Waals surface area contributed by atoms with Crippen molar-refractivity contribution in [3.8, 4) is 0 Å². The van der Waals surface area contributed by atoms with Gasteiger partial charge in [-0.15, -0.1) is 0 Å². The summed E-state index contributed by atoms with van der Waals surface area (Å²) in [5, 5.41) is 3.15. The number of benzene rings is 1. The maximum atomic E-state index is 12.9. The van der Waals surface area contributed by atoms with Crippen molar-refractivity contribution in [2.45, 2.75) is 25.4 Å². The summed E-state index contributed by atoms with van der Waals surface area (Å²) >= 11 is 5.68. The first kappa shape index (κ1) is 13.3. The van der Waals surface area contributed by atoms with Gasteiger partial charge in [0.1, 0.15) is 5.82 Å². The van der Waals surface area contributed by atoms with Crippen LogP contribution in [0.25, 0.3) is 0 Å². The van der Waals surface area contributed by atoms with E-state index in [1.165, 1.54) is 6.07 Å². The van der Waals surface area contributed by atoms with Crippen molar-refractivity contribution >= 4 is 17.5 Å². The summed E-state index contributed by atoms with van der Waals surface area (Å²) in [4.78, 5) is 13.5. The molecule has 0 bridgehead atoms. The maximum Gasteiger partial charge on any atom is 0.236 e. The van der Waals surface area contributed by atoms with Crippen molar-refractivity contribution in [2.24, 2.45) is 0 Å². The highest BCUT2D eigenvalue weighted by Crippen LogP contribution is 2.25. The van der Waals surface area contributed by atoms with Gasteiger partial charge in [0.2, 0.25) is 5.91 Å². The topological polar surface area (TPSA) is 32.3 Å². The van der Waals surface area contributed by atoms with Crippen molar-refractivity contribution in [1.82, 2.24) is 10.2 Å². The Kier molecular flexibility index (Phi) is 4.19. The average Bonchev–Trinajstić information content (AvgIpc) is 3.16. The summed E-state index contributed by atoms with van der Waals surface area (Å²) in [6.45, 7) is 0.798. The van der Waals surface area contributed by atoms with Crippen LogP contribution >= 0.6 is 11.6 Å². The van der Waals surface area contributed by atoms with Crippen LogP contribution in [0, 0.1) is 5.82 Å². The Labute approximate surface area is 111 Å². The van der Waals surface area contributed by atoms with Gasteiger partial charge in [0.25, 0.3) is 0 Å². The fourth-order valence-corrected chi connectivity index (χ4v) is 1.96. The lowest BCUT2D eigenvalue weighted by atomic mass is 10.2. The van der Waals surface area contributed by atoms with Crippen LogP contribution in [0.2, 0.25) is 5.02 Å². The zero-order valence-corrected chi connectivity index (χ0v) is 11.0. The van der Waals surface area contributed by atoms with Gasteiger partial charge < -0.3 is 10.2 Å². The smallest absolute Gasteiger partial charge is 0.236 e. The van der Waals surface area contributed by atoms with Crippen LogP contribution in [0.15, 0.2) is 18.2 Å². The number of nitrogens with zero attached hydrogens (tertiary/aromatic N) is 1. The lowest BCUT2D eigenvalue weighted by Crippen LogP contribution is -2.36. The Balaban J connectivity index is 1.77. The molecule has 3 nitrogen and oxygen atoms in total. The molecule has 1 N–H and O–H groups in total. The molecule has 1 aliphatic rings. The van der Waals surface area contributed by atoms with Gasteiger partial charge in [0, 0.05) is 19.6 Å².